The van der Waals surface area contributed by atoms with Crippen LogP contribution in [0.1, 0.15) is 38.7 Å². The van der Waals surface area contributed by atoms with Crippen LogP contribution in [0, 0.1) is 17.6 Å². The second kappa shape index (κ2) is 7.18. The van der Waals surface area contributed by atoms with Crippen LogP contribution in [0.4, 0.5) is 8.78 Å². The molecule has 0 aromatic heterocycles. The molecule has 0 aliphatic carbocycles. The maximum atomic E-state index is 14.1. The number of rotatable bonds is 5. The molecule has 2 nitrogen and oxygen atoms in total. The van der Waals surface area contributed by atoms with E-state index in [2.05, 4.69) is 6.92 Å². The van der Waals surface area contributed by atoms with Crippen LogP contribution in [0.15, 0.2) is 12.1 Å². The minimum absolute atomic E-state index is 0.0974. The molecule has 110 valence electrons. The fourth-order valence-electron chi connectivity index (χ4n) is 2.58. The van der Waals surface area contributed by atoms with Gasteiger partial charge in [0, 0.05) is 19.1 Å². The maximum Gasteiger partial charge on any atom is 0.499 e. The minimum Gasteiger partial charge on any atom is -0.407 e. The summed E-state index contributed by atoms with van der Waals surface area (Å²) in [5.74, 6) is -0.832. The number of hydrogen-bond acceptors (Lipinski definition) is 2. The van der Waals surface area contributed by atoms with Crippen LogP contribution in [-0.4, -0.2) is 20.3 Å². The lowest BCUT2D eigenvalue weighted by molar-refractivity contribution is 0.0813. The number of hydrogen-bond donors (Lipinski definition) is 0. The van der Waals surface area contributed by atoms with E-state index in [-0.39, 0.29) is 5.46 Å². The molecule has 1 aliphatic rings. The minimum atomic E-state index is -0.918. The highest BCUT2D eigenvalue weighted by Gasteiger charge is 2.34. The topological polar surface area (TPSA) is 18.5 Å². The second-order valence-electron chi connectivity index (χ2n) is 5.38. The van der Waals surface area contributed by atoms with Crippen molar-refractivity contribution in [2.75, 3.05) is 13.2 Å². The SMILES string of the molecule is CCCc1cc(F)c(B2OCC(CCC)CO2)c(F)c1. The Bertz CT molecular complexity index is 422. The summed E-state index contributed by atoms with van der Waals surface area (Å²) in [6.07, 6.45) is 3.58. The average molecular weight is 282 g/mol. The van der Waals surface area contributed by atoms with Crippen LogP contribution in [0.2, 0.25) is 0 Å². The van der Waals surface area contributed by atoms with Gasteiger partial charge in [0.05, 0.1) is 5.46 Å². The predicted molar refractivity (Wildman–Crippen MR) is 76.0 cm³/mol. The Hall–Kier alpha value is -0.935. The molecule has 1 heterocycles. The third kappa shape index (κ3) is 3.58. The molecule has 0 spiro atoms. The van der Waals surface area contributed by atoms with Gasteiger partial charge in [-0.05, 0) is 30.5 Å². The second-order valence-corrected chi connectivity index (χ2v) is 5.38. The predicted octanol–water partition coefficient (Wildman–Crippen LogP) is 3.08. The van der Waals surface area contributed by atoms with Crippen molar-refractivity contribution in [1.82, 2.24) is 0 Å². The first-order chi connectivity index (χ1) is 9.65. The molecular weight excluding hydrogens is 261 g/mol. The van der Waals surface area contributed by atoms with Gasteiger partial charge in [-0.3, -0.25) is 0 Å². The highest BCUT2D eigenvalue weighted by molar-refractivity contribution is 6.61. The first-order valence-electron chi connectivity index (χ1n) is 7.36. The number of benzene rings is 1. The average Bonchev–Trinajstić information content (AvgIpc) is 2.40. The monoisotopic (exact) mass is 282 g/mol. The van der Waals surface area contributed by atoms with E-state index in [1.54, 1.807) is 0 Å². The molecule has 1 aromatic carbocycles. The quantitative estimate of drug-likeness (QED) is 0.773. The summed E-state index contributed by atoms with van der Waals surface area (Å²) in [6, 6.07) is 2.76. The maximum absolute atomic E-state index is 14.1. The summed E-state index contributed by atoms with van der Waals surface area (Å²) in [6.45, 7) is 5.06. The molecule has 0 radical (unpaired) electrons. The molecule has 20 heavy (non-hydrogen) atoms. The highest BCUT2D eigenvalue weighted by atomic mass is 19.1. The summed E-state index contributed by atoms with van der Waals surface area (Å²) < 4.78 is 39.1. The fourth-order valence-corrected chi connectivity index (χ4v) is 2.58. The van der Waals surface area contributed by atoms with E-state index < -0.39 is 18.8 Å². The number of halogens is 2. The van der Waals surface area contributed by atoms with Gasteiger partial charge >= 0.3 is 7.12 Å². The Morgan fingerprint density at radius 1 is 1.10 bits per heavy atom. The van der Waals surface area contributed by atoms with Crippen molar-refractivity contribution in [3.63, 3.8) is 0 Å². The lowest BCUT2D eigenvalue weighted by atomic mass is 9.76. The fraction of sp³-hybridized carbons (Fsp3) is 0.600. The van der Waals surface area contributed by atoms with Crippen LogP contribution < -0.4 is 5.46 Å². The molecular formula is C15H21BF2O2. The van der Waals surface area contributed by atoms with Crippen LogP contribution in [0.25, 0.3) is 0 Å². The summed E-state index contributed by atoms with van der Waals surface area (Å²) in [7, 11) is -0.918. The van der Waals surface area contributed by atoms with Crippen LogP contribution in [0.3, 0.4) is 0 Å². The lowest BCUT2D eigenvalue weighted by Gasteiger charge is -2.27. The zero-order valence-electron chi connectivity index (χ0n) is 12.1. The van der Waals surface area contributed by atoms with Gasteiger partial charge in [0.15, 0.2) is 0 Å². The molecule has 1 aliphatic heterocycles. The highest BCUT2D eigenvalue weighted by Crippen LogP contribution is 2.17. The van der Waals surface area contributed by atoms with Gasteiger partial charge in [-0.1, -0.05) is 26.7 Å². The largest absolute Gasteiger partial charge is 0.499 e. The van der Waals surface area contributed by atoms with Crippen LogP contribution >= 0.6 is 0 Å². The van der Waals surface area contributed by atoms with Gasteiger partial charge in [-0.2, -0.15) is 0 Å². The third-order valence-electron chi connectivity index (χ3n) is 3.58. The van der Waals surface area contributed by atoms with Gasteiger partial charge in [-0.25, -0.2) is 8.78 Å². The van der Waals surface area contributed by atoms with Crippen molar-refractivity contribution in [3.8, 4) is 0 Å². The molecule has 0 N–H and O–H groups in total. The normalized spacial score (nSPS) is 16.7. The molecule has 1 aromatic rings. The Balaban J connectivity index is 2.10. The Morgan fingerprint density at radius 3 is 2.20 bits per heavy atom. The van der Waals surface area contributed by atoms with E-state index in [1.165, 1.54) is 12.1 Å². The van der Waals surface area contributed by atoms with Crippen molar-refractivity contribution in [3.05, 3.63) is 29.3 Å². The lowest BCUT2D eigenvalue weighted by Crippen LogP contribution is -2.47. The Morgan fingerprint density at radius 2 is 1.70 bits per heavy atom. The van der Waals surface area contributed by atoms with Gasteiger partial charge in [0.1, 0.15) is 11.6 Å². The van der Waals surface area contributed by atoms with Crippen molar-refractivity contribution in [2.45, 2.75) is 39.5 Å². The smallest absolute Gasteiger partial charge is 0.407 e. The summed E-state index contributed by atoms with van der Waals surface area (Å²) in [4.78, 5) is 0. The zero-order valence-corrected chi connectivity index (χ0v) is 12.1. The van der Waals surface area contributed by atoms with E-state index >= 15 is 0 Å². The molecule has 0 saturated carbocycles. The van der Waals surface area contributed by atoms with Gasteiger partial charge in [0.25, 0.3) is 0 Å². The standard InChI is InChI=1S/C15H21BF2O2/c1-3-5-11-7-13(17)15(14(18)8-11)16-19-9-12(6-4-2)10-20-16/h7-8,12H,3-6,9-10H2,1-2H3. The summed E-state index contributed by atoms with van der Waals surface area (Å²) >= 11 is 0. The van der Waals surface area contributed by atoms with E-state index in [4.69, 9.17) is 9.31 Å². The van der Waals surface area contributed by atoms with E-state index in [9.17, 15) is 8.78 Å². The Labute approximate surface area is 119 Å². The molecule has 0 bridgehead atoms. The van der Waals surface area contributed by atoms with Crippen molar-refractivity contribution < 1.29 is 18.1 Å². The third-order valence-corrected chi connectivity index (χ3v) is 3.58. The molecule has 1 saturated heterocycles. The Kier molecular flexibility index (Phi) is 5.55. The molecule has 0 amide bonds. The summed E-state index contributed by atoms with van der Waals surface area (Å²) in [5.41, 5.74) is 0.575. The van der Waals surface area contributed by atoms with Crippen molar-refractivity contribution in [2.24, 2.45) is 5.92 Å². The van der Waals surface area contributed by atoms with Gasteiger partial charge in [0.2, 0.25) is 0 Å². The van der Waals surface area contributed by atoms with Crippen LogP contribution in [-0.2, 0) is 15.7 Å². The van der Waals surface area contributed by atoms with E-state index in [1.807, 2.05) is 6.92 Å². The molecule has 0 unspecified atom stereocenters. The van der Waals surface area contributed by atoms with Gasteiger partial charge < -0.3 is 9.31 Å². The first kappa shape index (κ1) is 15.5. The first-order valence-corrected chi connectivity index (χ1v) is 7.36. The van der Waals surface area contributed by atoms with Gasteiger partial charge in [-0.15, -0.1) is 0 Å². The molecule has 1 fully saturated rings. The van der Waals surface area contributed by atoms with E-state index in [0.717, 1.165) is 19.3 Å². The number of aryl methyl sites for hydroxylation is 1. The zero-order chi connectivity index (χ0) is 14.5. The van der Waals surface area contributed by atoms with Crippen LogP contribution in [0.5, 0.6) is 0 Å². The van der Waals surface area contributed by atoms with Crippen molar-refractivity contribution >= 4 is 12.6 Å². The molecule has 0 atom stereocenters. The molecule has 2 rings (SSSR count). The van der Waals surface area contributed by atoms with E-state index in [0.29, 0.717) is 31.1 Å². The molecule has 5 heteroatoms. The summed E-state index contributed by atoms with van der Waals surface area (Å²) in [5, 5.41) is 0. The van der Waals surface area contributed by atoms with Crippen molar-refractivity contribution in [1.29, 1.82) is 0 Å².